The fourth-order valence-corrected chi connectivity index (χ4v) is 4.86. The highest BCUT2D eigenvalue weighted by atomic mass is 32.2. The maximum absolute atomic E-state index is 13.5. The summed E-state index contributed by atoms with van der Waals surface area (Å²) in [6, 6.07) is 5.17. The fourth-order valence-electron chi connectivity index (χ4n) is 3.61. The molecule has 4 rings (SSSR count). The van der Waals surface area contributed by atoms with Gasteiger partial charge in [-0.2, -0.15) is 15.1 Å². The van der Waals surface area contributed by atoms with Crippen LogP contribution >= 0.6 is 0 Å². The van der Waals surface area contributed by atoms with Crippen molar-refractivity contribution in [2.24, 2.45) is 7.05 Å². The van der Waals surface area contributed by atoms with Crippen LogP contribution in [-0.2, 0) is 17.1 Å². The van der Waals surface area contributed by atoms with Crippen LogP contribution in [0.4, 0.5) is 5.95 Å². The van der Waals surface area contributed by atoms with E-state index in [4.69, 9.17) is 14.2 Å². The molecule has 0 aromatic carbocycles. The lowest BCUT2D eigenvalue weighted by Gasteiger charge is -2.21. The Labute approximate surface area is 213 Å². The Hall–Kier alpha value is -4.27. The van der Waals surface area contributed by atoms with Crippen molar-refractivity contribution in [3.8, 4) is 34.7 Å². The zero-order valence-electron chi connectivity index (χ0n) is 21.1. The second-order valence-corrected chi connectivity index (χ2v) is 10.1. The lowest BCUT2D eigenvalue weighted by atomic mass is 10.0. The summed E-state index contributed by atoms with van der Waals surface area (Å²) >= 11 is 0. The Morgan fingerprint density at radius 2 is 1.65 bits per heavy atom. The molecular weight excluding hydrogens is 502 g/mol. The fraction of sp³-hybridized carbons (Fsp3) is 0.364. The molecule has 0 aliphatic heterocycles. The Balaban J connectivity index is 1.79. The number of sulfonamides is 1. The molecule has 2 unspecified atom stereocenters. The summed E-state index contributed by atoms with van der Waals surface area (Å²) in [6.07, 6.45) is 4.53. The zero-order chi connectivity index (χ0) is 26.7. The molecule has 4 aromatic heterocycles. The molecule has 0 aliphatic carbocycles. The van der Waals surface area contributed by atoms with E-state index in [-0.39, 0.29) is 29.2 Å². The first-order valence-electron chi connectivity index (χ1n) is 11.1. The summed E-state index contributed by atoms with van der Waals surface area (Å²) in [5, 5.41) is 11.8. The van der Waals surface area contributed by atoms with E-state index >= 15 is 0 Å². The normalized spacial score (nSPS) is 13.1. The number of nitrogens with zero attached hydrogens (tertiary/aromatic N) is 8. The highest BCUT2D eigenvalue weighted by Gasteiger charge is 2.32. The number of aryl methyl sites for hydroxylation is 1. The lowest BCUT2D eigenvalue weighted by Crippen LogP contribution is -2.31. The van der Waals surface area contributed by atoms with Crippen molar-refractivity contribution in [3.63, 3.8) is 0 Å². The van der Waals surface area contributed by atoms with E-state index in [0.717, 1.165) is 0 Å². The number of hydrogen-bond acceptors (Lipinski definition) is 11. The largest absolute Gasteiger partial charge is 0.495 e. The van der Waals surface area contributed by atoms with Gasteiger partial charge in [0.15, 0.2) is 11.5 Å². The SMILES string of the molecule is COc1ccc(C(C)C(C)S(=O)(=O)Nc2nnc(-c3ccn(C)n3)n2-c2c(OC)ncnc2OC)nc1. The monoisotopic (exact) mass is 529 g/mol. The van der Waals surface area contributed by atoms with Crippen LogP contribution in [0.15, 0.2) is 36.9 Å². The van der Waals surface area contributed by atoms with Crippen LogP contribution in [0.25, 0.3) is 17.2 Å². The van der Waals surface area contributed by atoms with E-state index in [1.807, 2.05) is 0 Å². The number of anilines is 1. The molecule has 0 fully saturated rings. The van der Waals surface area contributed by atoms with Crippen LogP contribution in [0.3, 0.4) is 0 Å². The van der Waals surface area contributed by atoms with Gasteiger partial charge in [-0.3, -0.25) is 14.4 Å². The van der Waals surface area contributed by atoms with Gasteiger partial charge in [0, 0.05) is 24.9 Å². The minimum Gasteiger partial charge on any atom is -0.495 e. The quantitative estimate of drug-likeness (QED) is 0.319. The van der Waals surface area contributed by atoms with Gasteiger partial charge >= 0.3 is 0 Å². The van der Waals surface area contributed by atoms with Crippen LogP contribution in [0.5, 0.6) is 17.5 Å². The molecule has 4 aromatic rings. The number of rotatable bonds is 10. The number of pyridine rings is 1. The molecule has 1 N–H and O–H groups in total. The molecular formula is C22H27N9O5S. The van der Waals surface area contributed by atoms with Crippen LogP contribution in [0.1, 0.15) is 25.5 Å². The summed E-state index contributed by atoms with van der Waals surface area (Å²) in [5.74, 6) is 0.462. The second-order valence-electron chi connectivity index (χ2n) is 8.06. The highest BCUT2D eigenvalue weighted by molar-refractivity contribution is 7.93. The first-order valence-corrected chi connectivity index (χ1v) is 12.6. The summed E-state index contributed by atoms with van der Waals surface area (Å²) < 4.78 is 48.6. The van der Waals surface area contributed by atoms with Gasteiger partial charge in [-0.05, 0) is 25.1 Å². The Morgan fingerprint density at radius 3 is 2.19 bits per heavy atom. The minimum atomic E-state index is -4.00. The van der Waals surface area contributed by atoms with Gasteiger partial charge in [0.25, 0.3) is 0 Å². The van der Waals surface area contributed by atoms with Gasteiger partial charge < -0.3 is 14.2 Å². The zero-order valence-corrected chi connectivity index (χ0v) is 22.0. The van der Waals surface area contributed by atoms with Crippen molar-refractivity contribution in [1.82, 2.24) is 39.5 Å². The first-order chi connectivity index (χ1) is 17.7. The molecule has 0 radical (unpaired) electrons. The maximum atomic E-state index is 13.5. The first kappa shape index (κ1) is 25.8. The van der Waals surface area contributed by atoms with Gasteiger partial charge in [0.1, 0.15) is 17.8 Å². The van der Waals surface area contributed by atoms with Crippen LogP contribution in [-0.4, -0.2) is 74.5 Å². The van der Waals surface area contributed by atoms with Crippen LogP contribution in [0.2, 0.25) is 0 Å². The van der Waals surface area contributed by atoms with Gasteiger partial charge in [-0.1, -0.05) is 6.92 Å². The van der Waals surface area contributed by atoms with Crippen molar-refractivity contribution < 1.29 is 22.6 Å². The Morgan fingerprint density at radius 1 is 0.946 bits per heavy atom. The lowest BCUT2D eigenvalue weighted by molar-refractivity contribution is 0.368. The second kappa shape index (κ2) is 10.4. The van der Waals surface area contributed by atoms with Crippen LogP contribution in [0, 0.1) is 0 Å². The third-order valence-corrected chi connectivity index (χ3v) is 7.71. The summed E-state index contributed by atoms with van der Waals surface area (Å²) in [6.45, 7) is 3.37. The molecule has 0 saturated carbocycles. The van der Waals surface area contributed by atoms with Crippen molar-refractivity contribution in [2.45, 2.75) is 25.0 Å². The van der Waals surface area contributed by atoms with E-state index in [2.05, 4.69) is 35.0 Å². The third kappa shape index (κ3) is 5.02. The highest BCUT2D eigenvalue weighted by Crippen LogP contribution is 2.35. The van der Waals surface area contributed by atoms with Gasteiger partial charge in [-0.25, -0.2) is 13.0 Å². The average molecular weight is 530 g/mol. The van der Waals surface area contributed by atoms with Crippen molar-refractivity contribution >= 4 is 16.0 Å². The Kier molecular flexibility index (Phi) is 7.24. The third-order valence-electron chi connectivity index (χ3n) is 5.86. The topological polar surface area (TPSA) is 161 Å². The van der Waals surface area contributed by atoms with E-state index in [9.17, 15) is 8.42 Å². The van der Waals surface area contributed by atoms with E-state index < -0.39 is 21.2 Å². The molecule has 0 aliphatic rings. The molecule has 0 saturated heterocycles. The maximum Gasteiger partial charge on any atom is 0.245 e. The molecule has 0 spiro atoms. The predicted molar refractivity (Wildman–Crippen MR) is 133 cm³/mol. The number of methoxy groups -OCH3 is 3. The predicted octanol–water partition coefficient (Wildman–Crippen LogP) is 1.81. The van der Waals surface area contributed by atoms with E-state index in [1.54, 1.807) is 56.2 Å². The average Bonchev–Trinajstić information content (AvgIpc) is 3.52. The van der Waals surface area contributed by atoms with Crippen molar-refractivity contribution in [3.05, 3.63) is 42.6 Å². The molecule has 14 nitrogen and oxygen atoms in total. The standard InChI is InChI=1S/C22H27N9O5S/c1-13(16-8-7-15(34-4)11-23-16)14(2)37(32,33)29-22-27-26-19(17-9-10-30(3)28-17)31(22)18-20(35-5)24-12-25-21(18)36-6/h7-14H,1-6H3,(H,27,29). The molecule has 2 atom stereocenters. The Bertz CT molecular complexity index is 1460. The molecule has 37 heavy (non-hydrogen) atoms. The summed E-state index contributed by atoms with van der Waals surface area (Å²) in [5.41, 5.74) is 1.22. The minimum absolute atomic E-state index is 0.117. The van der Waals surface area contributed by atoms with E-state index in [0.29, 0.717) is 17.1 Å². The smallest absolute Gasteiger partial charge is 0.245 e. The molecule has 4 heterocycles. The van der Waals surface area contributed by atoms with E-state index in [1.165, 1.54) is 32.2 Å². The summed E-state index contributed by atoms with van der Waals surface area (Å²) in [4.78, 5) is 12.6. The van der Waals surface area contributed by atoms with Crippen molar-refractivity contribution in [1.29, 1.82) is 0 Å². The molecule has 0 amide bonds. The summed E-state index contributed by atoms with van der Waals surface area (Å²) in [7, 11) is 2.12. The van der Waals surface area contributed by atoms with Gasteiger partial charge in [0.05, 0.1) is 32.8 Å². The van der Waals surface area contributed by atoms with Crippen LogP contribution < -0.4 is 18.9 Å². The number of aromatic nitrogens is 8. The number of ether oxygens (including phenoxy) is 3. The number of nitrogens with one attached hydrogen (secondary N) is 1. The van der Waals surface area contributed by atoms with Crippen molar-refractivity contribution in [2.75, 3.05) is 26.1 Å². The molecule has 196 valence electrons. The van der Waals surface area contributed by atoms with Gasteiger partial charge in [0.2, 0.25) is 27.7 Å². The number of hydrogen-bond donors (Lipinski definition) is 1. The van der Waals surface area contributed by atoms with Gasteiger partial charge in [-0.15, -0.1) is 10.2 Å². The molecule has 15 heteroatoms. The molecule has 0 bridgehead atoms.